The lowest BCUT2D eigenvalue weighted by atomic mass is 9.92. The molecule has 13 heteroatoms. The van der Waals surface area contributed by atoms with E-state index >= 15 is 0 Å². The van der Waals surface area contributed by atoms with Crippen LogP contribution in [0.5, 0.6) is 0 Å². The summed E-state index contributed by atoms with van der Waals surface area (Å²) in [5.74, 6) is -2.35. The molecule has 0 aliphatic carbocycles. The van der Waals surface area contributed by atoms with Crippen molar-refractivity contribution in [3.05, 3.63) is 35.9 Å². The maximum atomic E-state index is 13.5. The molecule has 1 aromatic carbocycles. The number of benzene rings is 1. The van der Waals surface area contributed by atoms with Gasteiger partial charge in [0, 0.05) is 18.2 Å². The van der Waals surface area contributed by atoms with E-state index in [0.717, 1.165) is 5.56 Å². The SMILES string of the molecule is CSCC(NC(=O)[C@@H](NC(=O)OC(C)(C)C)C(C)C)C(=O)N[C@@H](CC(C)C)[C@@H](O)C[C@@H](C)C(=O)N[C@@H](C)C(=O)NCc1ccccc1. The number of thioether (sulfide) groups is 1. The molecule has 6 N–H and O–H groups in total. The van der Waals surface area contributed by atoms with E-state index < -0.39 is 65.6 Å². The van der Waals surface area contributed by atoms with Crippen LogP contribution >= 0.6 is 11.8 Å². The third kappa shape index (κ3) is 16.4. The number of aliphatic hydroxyl groups excluding tert-OH is 1. The number of nitrogens with one attached hydrogen (secondary N) is 5. The van der Waals surface area contributed by atoms with Gasteiger partial charge in [0.05, 0.1) is 12.1 Å². The van der Waals surface area contributed by atoms with Crippen molar-refractivity contribution in [2.45, 2.75) is 118 Å². The average molecular weight is 680 g/mol. The Bertz CT molecular complexity index is 1160. The van der Waals surface area contributed by atoms with Crippen LogP contribution in [0.25, 0.3) is 0 Å². The minimum Gasteiger partial charge on any atom is -0.444 e. The summed E-state index contributed by atoms with van der Waals surface area (Å²) in [6.07, 6.45) is 0.449. The van der Waals surface area contributed by atoms with Crippen LogP contribution in [0.3, 0.4) is 0 Å². The van der Waals surface area contributed by atoms with Crippen LogP contribution in [0.1, 0.15) is 80.7 Å². The highest BCUT2D eigenvalue weighted by atomic mass is 32.2. The molecular weight excluding hydrogens is 622 g/mol. The number of rotatable bonds is 18. The number of aliphatic hydroxyl groups is 1. The van der Waals surface area contributed by atoms with E-state index in [0.29, 0.717) is 13.0 Å². The van der Waals surface area contributed by atoms with E-state index in [1.807, 2.05) is 44.2 Å². The van der Waals surface area contributed by atoms with Gasteiger partial charge in [0.25, 0.3) is 0 Å². The number of ether oxygens (including phenoxy) is 1. The Morgan fingerprint density at radius 1 is 0.809 bits per heavy atom. The third-order valence-electron chi connectivity index (χ3n) is 7.21. The first-order valence-electron chi connectivity index (χ1n) is 16.2. The maximum absolute atomic E-state index is 13.5. The van der Waals surface area contributed by atoms with E-state index in [1.54, 1.807) is 54.7 Å². The first-order chi connectivity index (χ1) is 21.8. The van der Waals surface area contributed by atoms with Crippen molar-refractivity contribution in [2.24, 2.45) is 17.8 Å². The predicted molar refractivity (Wildman–Crippen MR) is 185 cm³/mol. The zero-order chi connectivity index (χ0) is 35.9. The molecule has 0 saturated carbocycles. The number of carbonyl (C=O) groups excluding carboxylic acids is 5. The summed E-state index contributed by atoms with van der Waals surface area (Å²) in [6.45, 7) is 16.2. The number of hydrogen-bond acceptors (Lipinski definition) is 8. The average Bonchev–Trinajstić information content (AvgIpc) is 2.96. The summed E-state index contributed by atoms with van der Waals surface area (Å²) in [4.78, 5) is 64.6. The van der Waals surface area contributed by atoms with Crippen LogP contribution in [0.15, 0.2) is 30.3 Å². The Balaban J connectivity index is 2.87. The van der Waals surface area contributed by atoms with E-state index in [-0.39, 0.29) is 29.9 Å². The summed E-state index contributed by atoms with van der Waals surface area (Å²) < 4.78 is 5.30. The van der Waals surface area contributed by atoms with Crippen LogP contribution in [0.4, 0.5) is 4.79 Å². The Kier molecular flexibility index (Phi) is 17.9. The molecule has 0 radical (unpaired) electrons. The normalized spacial score (nSPS) is 15.4. The number of amides is 5. The monoisotopic (exact) mass is 679 g/mol. The topological polar surface area (TPSA) is 175 Å². The van der Waals surface area contributed by atoms with Gasteiger partial charge in [-0.2, -0.15) is 11.8 Å². The first-order valence-corrected chi connectivity index (χ1v) is 17.6. The summed E-state index contributed by atoms with van der Waals surface area (Å²) in [5.41, 5.74) is 0.189. The van der Waals surface area contributed by atoms with Crippen LogP contribution in [0, 0.1) is 17.8 Å². The Morgan fingerprint density at radius 3 is 1.96 bits per heavy atom. The maximum Gasteiger partial charge on any atom is 0.408 e. The largest absolute Gasteiger partial charge is 0.444 e. The highest BCUT2D eigenvalue weighted by molar-refractivity contribution is 7.98. The van der Waals surface area contributed by atoms with E-state index in [4.69, 9.17) is 4.74 Å². The lowest BCUT2D eigenvalue weighted by Crippen LogP contribution is -2.58. The molecule has 0 aliphatic rings. The molecule has 47 heavy (non-hydrogen) atoms. The van der Waals surface area contributed by atoms with Gasteiger partial charge >= 0.3 is 6.09 Å². The van der Waals surface area contributed by atoms with E-state index in [9.17, 15) is 29.1 Å². The van der Waals surface area contributed by atoms with E-state index in [1.165, 1.54) is 11.8 Å². The smallest absolute Gasteiger partial charge is 0.408 e. The van der Waals surface area contributed by atoms with Crippen molar-refractivity contribution in [3.8, 4) is 0 Å². The van der Waals surface area contributed by atoms with Gasteiger partial charge in [-0.25, -0.2) is 4.79 Å². The predicted octanol–water partition coefficient (Wildman–Crippen LogP) is 3.12. The molecule has 266 valence electrons. The quantitative estimate of drug-likeness (QED) is 0.137. The molecule has 0 spiro atoms. The minimum absolute atomic E-state index is 0.0383. The number of carbonyl (C=O) groups is 5. The van der Waals surface area contributed by atoms with Gasteiger partial charge in [-0.3, -0.25) is 19.2 Å². The van der Waals surface area contributed by atoms with E-state index in [2.05, 4.69) is 26.6 Å². The lowest BCUT2D eigenvalue weighted by molar-refractivity contribution is -0.132. The zero-order valence-corrected chi connectivity index (χ0v) is 30.5. The Morgan fingerprint density at radius 2 is 1.43 bits per heavy atom. The number of alkyl carbamates (subject to hydrolysis) is 1. The molecule has 0 aromatic heterocycles. The van der Waals surface area contributed by atoms with Crippen molar-refractivity contribution in [3.63, 3.8) is 0 Å². The van der Waals surface area contributed by atoms with Gasteiger partial charge in [0.1, 0.15) is 23.7 Å². The van der Waals surface area contributed by atoms with Crippen LogP contribution in [-0.4, -0.2) is 82.7 Å². The molecule has 1 rings (SSSR count). The van der Waals surface area contributed by atoms with Crippen molar-refractivity contribution >= 4 is 41.5 Å². The van der Waals surface area contributed by atoms with Gasteiger partial charge in [-0.05, 0) is 64.2 Å². The van der Waals surface area contributed by atoms with Crippen molar-refractivity contribution in [1.29, 1.82) is 0 Å². The summed E-state index contributed by atoms with van der Waals surface area (Å²) in [5, 5.41) is 24.9. The van der Waals surface area contributed by atoms with Gasteiger partial charge in [0.2, 0.25) is 23.6 Å². The molecular formula is C34H57N5O7S. The van der Waals surface area contributed by atoms with Gasteiger partial charge in [-0.1, -0.05) is 65.0 Å². The zero-order valence-electron chi connectivity index (χ0n) is 29.6. The highest BCUT2D eigenvalue weighted by Crippen LogP contribution is 2.17. The molecule has 0 heterocycles. The van der Waals surface area contributed by atoms with Crippen molar-refractivity contribution in [2.75, 3.05) is 12.0 Å². The second-order valence-electron chi connectivity index (χ2n) is 13.8. The van der Waals surface area contributed by atoms with Crippen LogP contribution in [-0.2, 0) is 30.5 Å². The van der Waals surface area contributed by atoms with Crippen molar-refractivity contribution < 1.29 is 33.8 Å². The molecule has 6 atom stereocenters. The van der Waals surface area contributed by atoms with Gasteiger partial charge in [-0.15, -0.1) is 0 Å². The summed E-state index contributed by atoms with van der Waals surface area (Å²) >= 11 is 1.36. The summed E-state index contributed by atoms with van der Waals surface area (Å²) in [6, 6.07) is 6.05. The highest BCUT2D eigenvalue weighted by Gasteiger charge is 2.33. The van der Waals surface area contributed by atoms with Crippen molar-refractivity contribution in [1.82, 2.24) is 26.6 Å². The fourth-order valence-corrected chi connectivity index (χ4v) is 5.24. The Labute approximate surface area is 284 Å². The Hall–Kier alpha value is -3.32. The van der Waals surface area contributed by atoms with Crippen LogP contribution in [0.2, 0.25) is 0 Å². The van der Waals surface area contributed by atoms with Gasteiger partial charge < -0.3 is 36.4 Å². The fourth-order valence-electron chi connectivity index (χ4n) is 4.68. The number of hydrogen-bond donors (Lipinski definition) is 6. The standard InChI is InChI=1S/C34H57N5O7S/c1-20(2)16-25(27(40)17-22(5)29(41)36-23(6)30(42)35-18-24-14-12-11-13-15-24)37-31(43)26(19-47-10)38-32(44)28(21(3)4)39-33(45)46-34(7,8)9/h11-15,20-23,25-28,40H,16-19H2,1-10H3,(H,35,42)(H,36,41)(H,37,43)(H,38,44)(H,39,45)/t22-,23+,25+,26?,27+,28+/m1/s1. The second-order valence-corrected chi connectivity index (χ2v) is 14.7. The second kappa shape index (κ2) is 20.1. The molecule has 1 aromatic rings. The molecule has 0 aliphatic heterocycles. The molecule has 5 amide bonds. The molecule has 0 fully saturated rings. The molecule has 12 nitrogen and oxygen atoms in total. The van der Waals surface area contributed by atoms with Crippen LogP contribution < -0.4 is 26.6 Å². The first kappa shape index (κ1) is 41.7. The fraction of sp³-hybridized carbons (Fsp3) is 0.676. The molecule has 0 saturated heterocycles. The third-order valence-corrected chi connectivity index (χ3v) is 7.88. The molecule has 0 bridgehead atoms. The minimum atomic E-state index is -1.08. The lowest BCUT2D eigenvalue weighted by Gasteiger charge is -2.30. The molecule has 1 unspecified atom stereocenters. The summed E-state index contributed by atoms with van der Waals surface area (Å²) in [7, 11) is 0. The van der Waals surface area contributed by atoms with Gasteiger partial charge in [0.15, 0.2) is 0 Å².